The first-order chi connectivity index (χ1) is 13.5. The van der Waals surface area contributed by atoms with E-state index in [-0.39, 0.29) is 11.3 Å². The number of amides is 1. The third-order valence-electron chi connectivity index (χ3n) is 3.69. The SMILES string of the molecule is O=C(NN=Cc1cccc(OC(=O)c2ccccc2Br)c1)c1ccccc1O. The minimum absolute atomic E-state index is 0.121. The molecule has 0 saturated carbocycles. The van der Waals surface area contributed by atoms with Gasteiger partial charge >= 0.3 is 5.97 Å². The smallest absolute Gasteiger partial charge is 0.344 e. The van der Waals surface area contributed by atoms with E-state index in [1.165, 1.54) is 18.3 Å². The van der Waals surface area contributed by atoms with Crippen molar-refractivity contribution in [2.75, 3.05) is 0 Å². The monoisotopic (exact) mass is 438 g/mol. The number of esters is 1. The number of para-hydroxylation sites is 1. The molecule has 1 amide bonds. The van der Waals surface area contributed by atoms with Crippen LogP contribution in [0.1, 0.15) is 26.3 Å². The number of phenolic OH excluding ortho intramolecular Hbond substituents is 1. The maximum atomic E-state index is 12.3. The molecule has 3 aromatic rings. The lowest BCUT2D eigenvalue weighted by Gasteiger charge is -2.06. The van der Waals surface area contributed by atoms with E-state index in [1.54, 1.807) is 60.7 Å². The Morgan fingerprint density at radius 3 is 2.43 bits per heavy atom. The van der Waals surface area contributed by atoms with Crippen molar-refractivity contribution in [3.05, 3.63) is 94.0 Å². The van der Waals surface area contributed by atoms with E-state index in [2.05, 4.69) is 26.5 Å². The normalized spacial score (nSPS) is 10.6. The number of halogens is 1. The van der Waals surface area contributed by atoms with Gasteiger partial charge in [-0.05, 0) is 57.9 Å². The standard InChI is InChI=1S/C21H15BrN2O4/c22-18-10-3-1-8-16(18)21(27)28-15-7-5-6-14(12-15)13-23-24-20(26)17-9-2-4-11-19(17)25/h1-13,25H,(H,24,26). The van der Waals surface area contributed by atoms with Gasteiger partial charge in [0.15, 0.2) is 0 Å². The van der Waals surface area contributed by atoms with Gasteiger partial charge in [-0.15, -0.1) is 0 Å². The number of hydrogen-bond acceptors (Lipinski definition) is 5. The number of aromatic hydroxyl groups is 1. The molecule has 3 rings (SSSR count). The Labute approximate surface area is 169 Å². The zero-order valence-corrected chi connectivity index (χ0v) is 16.1. The average molecular weight is 439 g/mol. The number of hydrogen-bond donors (Lipinski definition) is 2. The molecule has 0 aliphatic rings. The fraction of sp³-hybridized carbons (Fsp3) is 0. The highest BCUT2D eigenvalue weighted by atomic mass is 79.9. The number of benzene rings is 3. The van der Waals surface area contributed by atoms with Gasteiger partial charge in [-0.3, -0.25) is 4.79 Å². The van der Waals surface area contributed by atoms with E-state index in [1.807, 2.05) is 0 Å². The predicted molar refractivity (Wildman–Crippen MR) is 109 cm³/mol. The van der Waals surface area contributed by atoms with Crippen LogP contribution in [0.2, 0.25) is 0 Å². The molecule has 0 aliphatic heterocycles. The quantitative estimate of drug-likeness (QED) is 0.271. The van der Waals surface area contributed by atoms with Crippen LogP contribution in [0.3, 0.4) is 0 Å². The maximum Gasteiger partial charge on any atom is 0.344 e. The van der Waals surface area contributed by atoms with Crippen molar-refractivity contribution in [1.82, 2.24) is 5.43 Å². The van der Waals surface area contributed by atoms with E-state index >= 15 is 0 Å². The van der Waals surface area contributed by atoms with Crippen molar-refractivity contribution < 1.29 is 19.4 Å². The molecule has 0 saturated heterocycles. The van der Waals surface area contributed by atoms with Gasteiger partial charge in [-0.2, -0.15) is 5.10 Å². The van der Waals surface area contributed by atoms with Crippen LogP contribution in [0.15, 0.2) is 82.4 Å². The Morgan fingerprint density at radius 1 is 0.964 bits per heavy atom. The van der Waals surface area contributed by atoms with Crippen LogP contribution in [0.25, 0.3) is 0 Å². The Balaban J connectivity index is 1.66. The highest BCUT2D eigenvalue weighted by molar-refractivity contribution is 9.10. The van der Waals surface area contributed by atoms with Crippen molar-refractivity contribution in [2.24, 2.45) is 5.10 Å². The summed E-state index contributed by atoms with van der Waals surface area (Å²) in [4.78, 5) is 24.3. The molecule has 6 nitrogen and oxygen atoms in total. The van der Waals surface area contributed by atoms with Crippen molar-refractivity contribution in [3.63, 3.8) is 0 Å². The zero-order chi connectivity index (χ0) is 19.9. The molecule has 0 aliphatic carbocycles. The Morgan fingerprint density at radius 2 is 1.68 bits per heavy atom. The fourth-order valence-electron chi connectivity index (χ4n) is 2.34. The summed E-state index contributed by atoms with van der Waals surface area (Å²) in [6.07, 6.45) is 1.41. The van der Waals surface area contributed by atoms with Gasteiger partial charge < -0.3 is 9.84 Å². The Kier molecular flexibility index (Phi) is 6.18. The van der Waals surface area contributed by atoms with E-state index in [9.17, 15) is 14.7 Å². The van der Waals surface area contributed by atoms with Crippen molar-refractivity contribution in [1.29, 1.82) is 0 Å². The summed E-state index contributed by atoms with van der Waals surface area (Å²) in [5, 5.41) is 13.5. The topological polar surface area (TPSA) is 88.0 Å². The summed E-state index contributed by atoms with van der Waals surface area (Å²) in [5.41, 5.74) is 3.49. The molecular formula is C21H15BrN2O4. The lowest BCUT2D eigenvalue weighted by atomic mass is 10.2. The van der Waals surface area contributed by atoms with Gasteiger partial charge in [0.05, 0.1) is 17.3 Å². The number of ether oxygens (including phenoxy) is 1. The highest BCUT2D eigenvalue weighted by Gasteiger charge is 2.12. The number of hydrazone groups is 1. The number of carbonyl (C=O) groups excluding carboxylic acids is 2. The molecule has 7 heteroatoms. The summed E-state index contributed by atoms with van der Waals surface area (Å²) in [5.74, 6) is -0.812. The summed E-state index contributed by atoms with van der Waals surface area (Å²) in [7, 11) is 0. The number of nitrogens with zero attached hydrogens (tertiary/aromatic N) is 1. The first-order valence-corrected chi connectivity index (χ1v) is 9.02. The van der Waals surface area contributed by atoms with Crippen molar-refractivity contribution >= 4 is 34.0 Å². The van der Waals surface area contributed by atoms with Crippen LogP contribution in [0.5, 0.6) is 11.5 Å². The fourth-order valence-corrected chi connectivity index (χ4v) is 2.79. The van der Waals surface area contributed by atoms with E-state index in [0.717, 1.165) is 0 Å². The lowest BCUT2D eigenvalue weighted by Crippen LogP contribution is -2.17. The molecule has 3 aromatic carbocycles. The highest BCUT2D eigenvalue weighted by Crippen LogP contribution is 2.20. The molecule has 0 radical (unpaired) electrons. The van der Waals surface area contributed by atoms with Crippen LogP contribution in [0.4, 0.5) is 0 Å². The number of phenols is 1. The molecule has 2 N–H and O–H groups in total. The van der Waals surface area contributed by atoms with Crippen LogP contribution >= 0.6 is 15.9 Å². The molecule has 0 atom stereocenters. The molecule has 28 heavy (non-hydrogen) atoms. The van der Waals surface area contributed by atoms with Gasteiger partial charge in [0.1, 0.15) is 11.5 Å². The average Bonchev–Trinajstić information content (AvgIpc) is 2.69. The van der Waals surface area contributed by atoms with Gasteiger partial charge in [-0.25, -0.2) is 10.2 Å². The second-order valence-corrected chi connectivity index (χ2v) is 6.51. The first kappa shape index (κ1) is 19.3. The van der Waals surface area contributed by atoms with Gasteiger partial charge in [-0.1, -0.05) is 36.4 Å². The third kappa shape index (κ3) is 4.83. The Bertz CT molecular complexity index is 1050. The van der Waals surface area contributed by atoms with E-state index in [0.29, 0.717) is 21.3 Å². The van der Waals surface area contributed by atoms with Crippen molar-refractivity contribution in [2.45, 2.75) is 0 Å². The Hall–Kier alpha value is -3.45. The second-order valence-electron chi connectivity index (χ2n) is 5.66. The molecule has 0 spiro atoms. The summed E-state index contributed by atoms with van der Waals surface area (Å²) in [6, 6.07) is 19.8. The van der Waals surface area contributed by atoms with E-state index < -0.39 is 11.9 Å². The summed E-state index contributed by atoms with van der Waals surface area (Å²) >= 11 is 3.32. The maximum absolute atomic E-state index is 12.3. The van der Waals surface area contributed by atoms with Gasteiger partial charge in [0, 0.05) is 4.47 Å². The van der Waals surface area contributed by atoms with E-state index in [4.69, 9.17) is 4.74 Å². The molecule has 0 bridgehead atoms. The third-order valence-corrected chi connectivity index (χ3v) is 4.38. The molecule has 0 heterocycles. The predicted octanol–water partition coefficient (Wildman–Crippen LogP) is 4.14. The lowest BCUT2D eigenvalue weighted by molar-refractivity contribution is 0.0733. The van der Waals surface area contributed by atoms with Gasteiger partial charge in [0.25, 0.3) is 5.91 Å². The first-order valence-electron chi connectivity index (χ1n) is 8.23. The van der Waals surface area contributed by atoms with Crippen LogP contribution in [0, 0.1) is 0 Å². The summed E-state index contributed by atoms with van der Waals surface area (Å²) < 4.78 is 6.03. The van der Waals surface area contributed by atoms with Crippen molar-refractivity contribution in [3.8, 4) is 11.5 Å². The largest absolute Gasteiger partial charge is 0.507 e. The molecule has 140 valence electrons. The number of carbonyl (C=O) groups is 2. The summed E-state index contributed by atoms with van der Waals surface area (Å²) in [6.45, 7) is 0. The molecular weight excluding hydrogens is 424 g/mol. The number of rotatable bonds is 5. The molecule has 0 aromatic heterocycles. The minimum atomic E-state index is -0.536. The molecule has 0 fully saturated rings. The van der Waals surface area contributed by atoms with Crippen LogP contribution < -0.4 is 10.2 Å². The second kappa shape index (κ2) is 8.96. The molecule has 0 unspecified atom stereocenters. The van der Waals surface area contributed by atoms with Gasteiger partial charge in [0.2, 0.25) is 0 Å². The van der Waals surface area contributed by atoms with Crippen LogP contribution in [-0.2, 0) is 0 Å². The number of nitrogens with one attached hydrogen (secondary N) is 1. The van der Waals surface area contributed by atoms with Crippen LogP contribution in [-0.4, -0.2) is 23.2 Å². The zero-order valence-electron chi connectivity index (χ0n) is 14.5. The minimum Gasteiger partial charge on any atom is -0.507 e.